The molecule has 154 valence electrons. The van der Waals surface area contributed by atoms with E-state index in [-0.39, 0.29) is 0 Å². The Morgan fingerprint density at radius 2 is 1.83 bits per heavy atom. The minimum absolute atomic E-state index is 0.625. The molecule has 0 atom stereocenters. The number of H-pyrrole nitrogens is 1. The Hall–Kier alpha value is -2.44. The van der Waals surface area contributed by atoms with Gasteiger partial charge in [-0.1, -0.05) is 53.7 Å². The van der Waals surface area contributed by atoms with Crippen molar-refractivity contribution in [3.63, 3.8) is 0 Å². The molecule has 6 heteroatoms. The van der Waals surface area contributed by atoms with Gasteiger partial charge in [0.15, 0.2) is 10.9 Å². The third-order valence-electron chi connectivity index (χ3n) is 4.71. The fraction of sp³-hybridized carbons (Fsp3) is 0.250. The molecule has 4 rings (SSSR count). The van der Waals surface area contributed by atoms with Gasteiger partial charge in [-0.05, 0) is 44.0 Å². The van der Waals surface area contributed by atoms with Crippen LogP contribution in [0.4, 0.5) is 0 Å². The van der Waals surface area contributed by atoms with Crippen LogP contribution >= 0.6 is 23.5 Å². The maximum Gasteiger partial charge on any atom is 0.166 e. The normalized spacial score (nSPS) is 11.1. The first-order valence-corrected chi connectivity index (χ1v) is 12.1. The molecule has 0 aliphatic carbocycles. The predicted molar refractivity (Wildman–Crippen MR) is 127 cm³/mol. The number of thioether (sulfide) groups is 2. The molecule has 0 bridgehead atoms. The first-order valence-electron chi connectivity index (χ1n) is 10.1. The molecule has 0 spiro atoms. The van der Waals surface area contributed by atoms with E-state index in [1.807, 2.05) is 49.1 Å². The highest BCUT2D eigenvalue weighted by Crippen LogP contribution is 2.35. The molecular formula is C24H25N3OS2. The largest absolute Gasteiger partial charge is 0.491 e. The molecular weight excluding hydrogens is 410 g/mol. The summed E-state index contributed by atoms with van der Waals surface area (Å²) in [7, 11) is 0. The first-order chi connectivity index (χ1) is 14.7. The lowest BCUT2D eigenvalue weighted by Crippen LogP contribution is -2.01. The smallest absolute Gasteiger partial charge is 0.166 e. The second kappa shape index (κ2) is 10.0. The summed E-state index contributed by atoms with van der Waals surface area (Å²) in [6.07, 6.45) is 2.91. The van der Waals surface area contributed by atoms with Crippen LogP contribution in [-0.2, 0) is 12.2 Å². The van der Waals surface area contributed by atoms with Gasteiger partial charge in [-0.3, -0.25) is 4.98 Å². The third kappa shape index (κ3) is 5.18. The van der Waals surface area contributed by atoms with Crippen LogP contribution in [0.25, 0.3) is 11.0 Å². The first kappa shape index (κ1) is 20.8. The van der Waals surface area contributed by atoms with Gasteiger partial charge < -0.3 is 9.72 Å². The van der Waals surface area contributed by atoms with E-state index in [2.05, 4.69) is 52.2 Å². The Morgan fingerprint density at radius 1 is 1.00 bits per heavy atom. The molecule has 2 heterocycles. The molecule has 0 saturated heterocycles. The summed E-state index contributed by atoms with van der Waals surface area (Å²) in [6.45, 7) is 4.76. The van der Waals surface area contributed by atoms with E-state index in [0.29, 0.717) is 12.4 Å². The van der Waals surface area contributed by atoms with Gasteiger partial charge in [0.25, 0.3) is 0 Å². The Kier molecular flexibility index (Phi) is 6.97. The minimum Gasteiger partial charge on any atom is -0.491 e. The molecule has 1 N–H and O–H groups in total. The average Bonchev–Trinajstić information content (AvgIpc) is 3.18. The van der Waals surface area contributed by atoms with Gasteiger partial charge >= 0.3 is 0 Å². The number of aryl methyl sites for hydroxylation is 2. The maximum atomic E-state index is 6.01. The van der Waals surface area contributed by atoms with Crippen LogP contribution in [-0.4, -0.2) is 27.3 Å². The van der Waals surface area contributed by atoms with Gasteiger partial charge in [0.05, 0.1) is 28.2 Å². The fourth-order valence-electron chi connectivity index (χ4n) is 3.15. The number of aromatic amines is 1. The van der Waals surface area contributed by atoms with E-state index in [4.69, 9.17) is 4.74 Å². The van der Waals surface area contributed by atoms with Gasteiger partial charge in [-0.15, -0.1) is 11.8 Å². The zero-order chi connectivity index (χ0) is 20.8. The van der Waals surface area contributed by atoms with Crippen molar-refractivity contribution in [3.8, 4) is 5.75 Å². The van der Waals surface area contributed by atoms with E-state index in [0.717, 1.165) is 44.7 Å². The number of pyridine rings is 1. The monoisotopic (exact) mass is 435 g/mol. The average molecular weight is 436 g/mol. The summed E-state index contributed by atoms with van der Waals surface area (Å²) >= 11 is 3.48. The number of hydrogen-bond donors (Lipinski definition) is 1. The lowest BCUT2D eigenvalue weighted by atomic mass is 10.1. The highest BCUT2D eigenvalue weighted by molar-refractivity contribution is 7.99. The van der Waals surface area contributed by atoms with Crippen LogP contribution in [0.1, 0.15) is 23.7 Å². The second-order valence-corrected chi connectivity index (χ2v) is 9.05. The van der Waals surface area contributed by atoms with E-state index in [1.54, 1.807) is 11.8 Å². The number of hydrogen-bond acceptors (Lipinski definition) is 5. The molecule has 0 aliphatic rings. The van der Waals surface area contributed by atoms with Gasteiger partial charge in [0.1, 0.15) is 0 Å². The van der Waals surface area contributed by atoms with Crippen LogP contribution in [0.3, 0.4) is 0 Å². The summed E-state index contributed by atoms with van der Waals surface area (Å²) < 4.78 is 6.01. The molecule has 30 heavy (non-hydrogen) atoms. The van der Waals surface area contributed by atoms with Crippen LogP contribution in [0.5, 0.6) is 5.75 Å². The Balaban J connectivity index is 1.44. The maximum absolute atomic E-state index is 6.01. The van der Waals surface area contributed by atoms with Gasteiger partial charge in [-0.25, -0.2) is 4.98 Å². The van der Waals surface area contributed by atoms with Crippen molar-refractivity contribution in [1.82, 2.24) is 15.0 Å². The molecule has 2 aromatic heterocycles. The lowest BCUT2D eigenvalue weighted by Gasteiger charge is -2.13. The number of nitrogens with zero attached hydrogens (tertiary/aromatic N) is 2. The molecule has 4 nitrogen and oxygen atoms in total. The van der Waals surface area contributed by atoms with Gasteiger partial charge in [-0.2, -0.15) is 0 Å². The number of imidazole rings is 1. The SMILES string of the molecule is CCOc1c(SCCc2ccc(C)cc2)ccnc1CSc1nc2ccccc2[nH]1. The van der Waals surface area contributed by atoms with Gasteiger partial charge in [0, 0.05) is 17.7 Å². The van der Waals surface area contributed by atoms with E-state index < -0.39 is 0 Å². The summed E-state index contributed by atoms with van der Waals surface area (Å²) in [5.74, 6) is 2.61. The molecule has 4 aromatic rings. The fourth-order valence-corrected chi connectivity index (χ4v) is 5.00. The molecule has 0 unspecified atom stereocenters. The van der Waals surface area contributed by atoms with Crippen molar-refractivity contribution in [3.05, 3.63) is 77.6 Å². The summed E-state index contributed by atoms with van der Waals surface area (Å²) in [6, 6.07) is 18.9. The molecule has 0 radical (unpaired) electrons. The van der Waals surface area contributed by atoms with E-state index >= 15 is 0 Å². The van der Waals surface area contributed by atoms with Crippen LogP contribution < -0.4 is 4.74 Å². The van der Waals surface area contributed by atoms with Gasteiger partial charge in [0.2, 0.25) is 0 Å². The molecule has 0 saturated carbocycles. The summed E-state index contributed by atoms with van der Waals surface area (Å²) in [5, 5.41) is 0.901. The van der Waals surface area contributed by atoms with Crippen LogP contribution in [0.2, 0.25) is 0 Å². The number of para-hydroxylation sites is 2. The highest BCUT2D eigenvalue weighted by Gasteiger charge is 2.13. The van der Waals surface area contributed by atoms with Crippen molar-refractivity contribution in [2.24, 2.45) is 0 Å². The number of rotatable bonds is 9. The van der Waals surface area contributed by atoms with E-state index in [9.17, 15) is 0 Å². The Morgan fingerprint density at radius 3 is 2.63 bits per heavy atom. The number of benzene rings is 2. The van der Waals surface area contributed by atoms with Crippen molar-refractivity contribution >= 4 is 34.6 Å². The van der Waals surface area contributed by atoms with Crippen LogP contribution in [0, 0.1) is 6.92 Å². The Bertz CT molecular complexity index is 1080. The summed E-state index contributed by atoms with van der Waals surface area (Å²) in [4.78, 5) is 13.8. The minimum atomic E-state index is 0.625. The summed E-state index contributed by atoms with van der Waals surface area (Å²) in [5.41, 5.74) is 5.66. The topological polar surface area (TPSA) is 50.8 Å². The van der Waals surface area contributed by atoms with E-state index in [1.165, 1.54) is 11.1 Å². The van der Waals surface area contributed by atoms with Crippen molar-refractivity contribution in [1.29, 1.82) is 0 Å². The second-order valence-electron chi connectivity index (χ2n) is 6.95. The number of fused-ring (bicyclic) bond motifs is 1. The molecule has 0 fully saturated rings. The van der Waals surface area contributed by atoms with Crippen molar-refractivity contribution in [2.75, 3.05) is 12.4 Å². The van der Waals surface area contributed by atoms with Crippen LogP contribution in [0.15, 0.2) is 70.8 Å². The molecule has 2 aromatic carbocycles. The number of ether oxygens (including phenoxy) is 1. The Labute approximate surface area is 185 Å². The molecule has 0 amide bonds. The van der Waals surface area contributed by atoms with Crippen molar-refractivity contribution < 1.29 is 4.74 Å². The standard InChI is InChI=1S/C24H25N3OS2/c1-3-28-23-21(16-30-24-26-19-6-4-5-7-20(19)27-24)25-14-12-22(23)29-15-13-18-10-8-17(2)9-11-18/h4-12,14H,3,13,15-16H2,1-2H3,(H,26,27). The number of aromatic nitrogens is 3. The highest BCUT2D eigenvalue weighted by atomic mass is 32.2. The third-order valence-corrected chi connectivity index (χ3v) is 6.64. The zero-order valence-electron chi connectivity index (χ0n) is 17.2. The lowest BCUT2D eigenvalue weighted by molar-refractivity contribution is 0.327. The number of nitrogens with one attached hydrogen (secondary N) is 1. The predicted octanol–water partition coefficient (Wildman–Crippen LogP) is 6.29. The van der Waals surface area contributed by atoms with Crippen molar-refractivity contribution in [2.45, 2.75) is 36.1 Å². The molecule has 0 aliphatic heterocycles. The zero-order valence-corrected chi connectivity index (χ0v) is 18.9. The quantitative estimate of drug-likeness (QED) is 0.313.